The Morgan fingerprint density at radius 3 is 2.84 bits per heavy atom. The monoisotopic (exact) mass is 430 g/mol. The number of para-hydroxylation sites is 1. The minimum absolute atomic E-state index is 0.167. The highest BCUT2D eigenvalue weighted by molar-refractivity contribution is 6.05. The molecule has 0 radical (unpaired) electrons. The third kappa shape index (κ3) is 3.60. The molecule has 4 aromatic rings. The average molecular weight is 431 g/mol. The van der Waals surface area contributed by atoms with Crippen molar-refractivity contribution in [2.45, 2.75) is 38.6 Å². The molecule has 0 unspecified atom stereocenters. The Hall–Kier alpha value is -3.38. The molecule has 2 aromatic heterocycles. The number of anilines is 1. The Labute approximate surface area is 186 Å². The first kappa shape index (κ1) is 20.5. The van der Waals surface area contributed by atoms with Gasteiger partial charge in [-0.1, -0.05) is 18.2 Å². The Kier molecular flexibility index (Phi) is 5.31. The number of ether oxygens (including phenoxy) is 1. The number of furan rings is 1. The molecule has 164 valence electrons. The molecule has 5 rings (SSSR count). The minimum atomic E-state index is -0.957. The number of fused-ring (bicyclic) bond motifs is 3. The van der Waals surface area contributed by atoms with E-state index in [9.17, 15) is 9.90 Å². The number of aryl methyl sites for hydroxylation is 1. The van der Waals surface area contributed by atoms with E-state index in [1.54, 1.807) is 18.2 Å². The van der Waals surface area contributed by atoms with Gasteiger partial charge in [0.25, 0.3) is 0 Å². The second-order valence-corrected chi connectivity index (χ2v) is 8.54. The summed E-state index contributed by atoms with van der Waals surface area (Å²) < 4.78 is 12.2. The lowest BCUT2D eigenvalue weighted by Gasteiger charge is -2.22. The molecule has 6 heteroatoms. The smallest absolute Gasteiger partial charge is 0.337 e. The zero-order valence-corrected chi connectivity index (χ0v) is 18.2. The number of carbonyl (C=O) groups is 1. The van der Waals surface area contributed by atoms with Crippen molar-refractivity contribution in [1.29, 1.82) is 0 Å². The molecule has 0 aliphatic carbocycles. The van der Waals surface area contributed by atoms with Crippen molar-refractivity contribution in [3.8, 4) is 0 Å². The summed E-state index contributed by atoms with van der Waals surface area (Å²) in [5, 5.41) is 13.9. The number of carboxylic acid groups (broad SMARTS) is 1. The van der Waals surface area contributed by atoms with Crippen molar-refractivity contribution < 1.29 is 19.1 Å². The first-order valence-corrected chi connectivity index (χ1v) is 11.0. The van der Waals surface area contributed by atoms with Crippen LogP contribution >= 0.6 is 0 Å². The first-order valence-electron chi connectivity index (χ1n) is 11.0. The Morgan fingerprint density at radius 2 is 2.06 bits per heavy atom. The molecule has 0 amide bonds. The maximum absolute atomic E-state index is 11.6. The van der Waals surface area contributed by atoms with E-state index in [1.165, 1.54) is 0 Å². The highest BCUT2D eigenvalue weighted by atomic mass is 16.5. The van der Waals surface area contributed by atoms with Gasteiger partial charge in [-0.2, -0.15) is 0 Å². The summed E-state index contributed by atoms with van der Waals surface area (Å²) in [5.41, 5.74) is 6.52. The number of nitrogens with one attached hydrogen (secondary N) is 1. The fourth-order valence-corrected chi connectivity index (χ4v) is 4.69. The molecule has 1 fully saturated rings. The number of hydrogen-bond donors (Lipinski definition) is 2. The Balaban J connectivity index is 1.61. The highest BCUT2D eigenvalue weighted by Crippen LogP contribution is 2.39. The van der Waals surface area contributed by atoms with Gasteiger partial charge in [0.1, 0.15) is 11.1 Å². The van der Waals surface area contributed by atoms with Gasteiger partial charge in [-0.25, -0.2) is 4.79 Å². The number of benzene rings is 2. The molecule has 6 nitrogen and oxygen atoms in total. The van der Waals surface area contributed by atoms with E-state index < -0.39 is 5.97 Å². The van der Waals surface area contributed by atoms with Crippen molar-refractivity contribution in [1.82, 2.24) is 4.98 Å². The molecule has 1 aliphatic rings. The molecular formula is C26H26N2O4. The number of hydrogen-bond acceptors (Lipinski definition) is 5. The molecular weight excluding hydrogens is 404 g/mol. The number of aromatic nitrogens is 1. The van der Waals surface area contributed by atoms with Crippen LogP contribution < -0.4 is 5.32 Å². The molecule has 2 N–H and O–H groups in total. The maximum atomic E-state index is 11.6. The average Bonchev–Trinajstić information content (AvgIpc) is 3.18. The Morgan fingerprint density at radius 1 is 1.22 bits per heavy atom. The van der Waals surface area contributed by atoms with Crippen molar-refractivity contribution in [3.05, 3.63) is 70.9 Å². The van der Waals surface area contributed by atoms with Gasteiger partial charge < -0.3 is 19.6 Å². The van der Waals surface area contributed by atoms with Gasteiger partial charge in [0.15, 0.2) is 5.58 Å². The predicted molar refractivity (Wildman–Crippen MR) is 124 cm³/mol. The van der Waals surface area contributed by atoms with Crippen molar-refractivity contribution >= 4 is 33.7 Å². The lowest BCUT2D eigenvalue weighted by atomic mass is 9.93. The topological polar surface area (TPSA) is 84.6 Å². The van der Waals surface area contributed by atoms with Gasteiger partial charge >= 0.3 is 5.97 Å². The second kappa shape index (κ2) is 8.28. The highest BCUT2D eigenvalue weighted by Gasteiger charge is 2.24. The van der Waals surface area contributed by atoms with Crippen LogP contribution in [0, 0.1) is 6.92 Å². The van der Waals surface area contributed by atoms with E-state index >= 15 is 0 Å². The summed E-state index contributed by atoms with van der Waals surface area (Å²) in [4.78, 5) is 16.3. The lowest BCUT2D eigenvalue weighted by Crippen LogP contribution is -2.15. The minimum Gasteiger partial charge on any atom is -0.478 e. The van der Waals surface area contributed by atoms with Crippen molar-refractivity contribution in [3.63, 3.8) is 0 Å². The second-order valence-electron chi connectivity index (χ2n) is 8.54. The van der Waals surface area contributed by atoms with Crippen LogP contribution in [0.15, 0.2) is 53.1 Å². The molecule has 2 aromatic carbocycles. The van der Waals surface area contributed by atoms with Crippen LogP contribution in [-0.2, 0) is 4.74 Å². The van der Waals surface area contributed by atoms with E-state index in [4.69, 9.17) is 9.15 Å². The number of rotatable bonds is 5. The number of carboxylic acids is 1. The molecule has 0 bridgehead atoms. The summed E-state index contributed by atoms with van der Waals surface area (Å²) in [5.74, 6) is -0.653. The summed E-state index contributed by atoms with van der Waals surface area (Å²) >= 11 is 0. The molecule has 2 atom stereocenters. The zero-order valence-electron chi connectivity index (χ0n) is 18.2. The van der Waals surface area contributed by atoms with Gasteiger partial charge in [0, 0.05) is 40.9 Å². The van der Waals surface area contributed by atoms with Gasteiger partial charge in [-0.05, 0) is 56.5 Å². The largest absolute Gasteiger partial charge is 0.478 e. The van der Waals surface area contributed by atoms with Crippen LogP contribution in [0.3, 0.4) is 0 Å². The van der Waals surface area contributed by atoms with Crippen LogP contribution in [0.1, 0.15) is 58.8 Å². The summed E-state index contributed by atoms with van der Waals surface area (Å²) in [7, 11) is 0. The van der Waals surface area contributed by atoms with Crippen molar-refractivity contribution in [2.24, 2.45) is 0 Å². The summed E-state index contributed by atoms with van der Waals surface area (Å²) in [6.45, 7) is 5.59. The van der Waals surface area contributed by atoms with Crippen LogP contribution in [0.25, 0.3) is 22.1 Å². The van der Waals surface area contributed by atoms with E-state index in [2.05, 4.69) is 29.4 Å². The van der Waals surface area contributed by atoms with Gasteiger partial charge in [-0.15, -0.1) is 0 Å². The third-order valence-electron chi connectivity index (χ3n) is 6.25. The van der Waals surface area contributed by atoms with E-state index in [0.717, 1.165) is 58.2 Å². The first-order chi connectivity index (χ1) is 15.5. The van der Waals surface area contributed by atoms with Gasteiger partial charge in [0.05, 0.1) is 18.2 Å². The van der Waals surface area contributed by atoms with E-state index in [1.807, 2.05) is 25.3 Å². The number of aromatic carboxylic acids is 1. The van der Waals surface area contributed by atoms with E-state index in [-0.39, 0.29) is 11.6 Å². The molecule has 32 heavy (non-hydrogen) atoms. The van der Waals surface area contributed by atoms with E-state index in [0.29, 0.717) is 18.2 Å². The molecule has 1 saturated heterocycles. The molecule has 0 spiro atoms. The SMILES string of the molecule is Cc1cc([C@@H](C)Nc2ccccc2C(=O)O)c2oc3c([C@@H]4CCCOC4)ccnc3c2c1. The lowest BCUT2D eigenvalue weighted by molar-refractivity contribution is 0.0698. The fourth-order valence-electron chi connectivity index (χ4n) is 4.69. The maximum Gasteiger partial charge on any atom is 0.337 e. The zero-order chi connectivity index (χ0) is 22.2. The number of nitrogens with zero attached hydrogens (tertiary/aromatic N) is 1. The predicted octanol–water partition coefficient (Wildman–Crippen LogP) is 6.05. The van der Waals surface area contributed by atoms with Crippen LogP contribution in [0.4, 0.5) is 5.69 Å². The normalized spacial score (nSPS) is 17.5. The van der Waals surface area contributed by atoms with Crippen LogP contribution in [-0.4, -0.2) is 29.3 Å². The summed E-state index contributed by atoms with van der Waals surface area (Å²) in [6.07, 6.45) is 3.98. The molecule has 1 aliphatic heterocycles. The molecule has 0 saturated carbocycles. The fraction of sp³-hybridized carbons (Fsp3) is 0.308. The Bertz CT molecular complexity index is 1300. The standard InChI is InChI=1S/C26H26N2O4/c1-15-12-20(16(2)28-22-8-4-3-7-19(22)26(29)30)24-21(13-15)23-25(32-24)18(9-10-27-23)17-6-5-11-31-14-17/h3-4,7-10,12-13,16-17,28H,5-6,11,14H2,1-2H3,(H,29,30)/t16-,17-/m1/s1. The quantitative estimate of drug-likeness (QED) is 0.401. The van der Waals surface area contributed by atoms with Crippen LogP contribution in [0.2, 0.25) is 0 Å². The van der Waals surface area contributed by atoms with Crippen molar-refractivity contribution in [2.75, 3.05) is 18.5 Å². The van der Waals surface area contributed by atoms with Gasteiger partial charge in [-0.3, -0.25) is 4.98 Å². The summed E-state index contributed by atoms with van der Waals surface area (Å²) in [6, 6.07) is 13.0. The van der Waals surface area contributed by atoms with Crippen LogP contribution in [0.5, 0.6) is 0 Å². The molecule has 3 heterocycles. The number of pyridine rings is 1. The third-order valence-corrected chi connectivity index (χ3v) is 6.25. The van der Waals surface area contributed by atoms with Gasteiger partial charge in [0.2, 0.25) is 0 Å².